The lowest BCUT2D eigenvalue weighted by atomic mass is 10.2. The van der Waals surface area contributed by atoms with Gasteiger partial charge < -0.3 is 14.2 Å². The van der Waals surface area contributed by atoms with Crippen molar-refractivity contribution in [2.24, 2.45) is 0 Å². The summed E-state index contributed by atoms with van der Waals surface area (Å²) in [5, 5.41) is 9.32. The molecule has 0 aliphatic heterocycles. The fourth-order valence-corrected chi connectivity index (χ4v) is 1.14. The number of hydroxylamine groups is 3. The van der Waals surface area contributed by atoms with Crippen molar-refractivity contribution in [2.45, 2.75) is 52.7 Å². The van der Waals surface area contributed by atoms with E-state index in [9.17, 15) is 24.4 Å². The Labute approximate surface area is 145 Å². The number of rotatable bonds is 5. The van der Waals surface area contributed by atoms with E-state index in [1.807, 2.05) is 5.48 Å². The van der Waals surface area contributed by atoms with Crippen LogP contribution in [0.4, 0.5) is 9.59 Å². The molecule has 0 unspecified atom stereocenters. The highest BCUT2D eigenvalue weighted by Crippen LogP contribution is 2.09. The molecule has 0 atom stereocenters. The van der Waals surface area contributed by atoms with Gasteiger partial charge >= 0.3 is 24.1 Å². The molecule has 0 rings (SSSR count). The number of nitrogens with zero attached hydrogens (tertiary/aromatic N) is 1. The van der Waals surface area contributed by atoms with Crippen LogP contribution in [-0.2, 0) is 28.6 Å². The van der Waals surface area contributed by atoms with E-state index in [1.54, 1.807) is 41.5 Å². The van der Waals surface area contributed by atoms with Crippen LogP contribution in [0.5, 0.6) is 0 Å². The smallest absolute Gasteiger partial charge is 0.434 e. The average molecular weight is 364 g/mol. The van der Waals surface area contributed by atoms with Crippen LogP contribution < -0.4 is 5.48 Å². The molecule has 0 heterocycles. The highest BCUT2D eigenvalue weighted by Gasteiger charge is 2.24. The van der Waals surface area contributed by atoms with Gasteiger partial charge in [-0.2, -0.15) is 10.5 Å². The van der Waals surface area contributed by atoms with Gasteiger partial charge in [0.15, 0.2) is 6.61 Å². The number of hydrogen-bond acceptors (Lipinski definition) is 9. The minimum absolute atomic E-state index is 0.0410. The van der Waals surface area contributed by atoms with Gasteiger partial charge in [0.1, 0.15) is 17.7 Å². The molecule has 0 aromatic rings. The Morgan fingerprint density at radius 3 is 1.92 bits per heavy atom. The molecule has 0 saturated heterocycles. The van der Waals surface area contributed by atoms with Crippen LogP contribution in [0, 0.1) is 0 Å². The zero-order chi connectivity index (χ0) is 19.8. The molecule has 144 valence electrons. The van der Waals surface area contributed by atoms with Crippen LogP contribution in [0.3, 0.4) is 0 Å². The maximum absolute atomic E-state index is 11.4. The Kier molecular flexibility index (Phi) is 8.30. The second-order valence-corrected chi connectivity index (χ2v) is 6.78. The van der Waals surface area contributed by atoms with Crippen LogP contribution in [-0.4, -0.2) is 58.7 Å². The molecule has 0 aromatic carbocycles. The van der Waals surface area contributed by atoms with Crippen LogP contribution in [0.1, 0.15) is 41.5 Å². The molecule has 0 fully saturated rings. The molecule has 0 radical (unpaired) electrons. The number of carbonyl (C=O) groups is 4. The number of ether oxygens (including phenoxy) is 3. The van der Waals surface area contributed by atoms with E-state index in [0.29, 0.717) is 0 Å². The van der Waals surface area contributed by atoms with E-state index in [1.165, 1.54) is 0 Å². The van der Waals surface area contributed by atoms with E-state index in [4.69, 9.17) is 9.47 Å². The summed E-state index contributed by atoms with van der Waals surface area (Å²) in [7, 11) is 0. The molecule has 25 heavy (non-hydrogen) atoms. The van der Waals surface area contributed by atoms with Crippen molar-refractivity contribution in [3.8, 4) is 0 Å². The van der Waals surface area contributed by atoms with E-state index in [0.717, 1.165) is 0 Å². The molecular formula is C14H24N2O9. The zero-order valence-electron chi connectivity index (χ0n) is 15.1. The van der Waals surface area contributed by atoms with Gasteiger partial charge in [-0.05, 0) is 41.5 Å². The van der Waals surface area contributed by atoms with E-state index < -0.39 is 48.5 Å². The van der Waals surface area contributed by atoms with E-state index >= 15 is 0 Å². The van der Waals surface area contributed by atoms with Crippen LogP contribution in [0.15, 0.2) is 0 Å². The normalized spacial score (nSPS) is 11.3. The summed E-state index contributed by atoms with van der Waals surface area (Å²) in [6, 6.07) is 0. The summed E-state index contributed by atoms with van der Waals surface area (Å²) in [6.07, 6.45) is -2.11. The molecular weight excluding hydrogens is 340 g/mol. The SMILES string of the molecule is CC(C)(C)OC(=O)NOCC(=O)OC(=O)CN(O)C(=O)OC(C)(C)C. The summed E-state index contributed by atoms with van der Waals surface area (Å²) in [5.41, 5.74) is 0.191. The standard InChI is InChI=1S/C14H24N2O9/c1-13(2,3)24-11(19)15-22-8-10(18)23-9(17)7-16(21)12(20)25-14(4,5)6/h21H,7-8H2,1-6H3,(H,15,19). The first-order chi connectivity index (χ1) is 11.2. The van der Waals surface area contributed by atoms with Gasteiger partial charge in [0.2, 0.25) is 0 Å². The molecule has 0 saturated carbocycles. The first-order valence-electron chi connectivity index (χ1n) is 7.23. The van der Waals surface area contributed by atoms with Crippen molar-refractivity contribution in [3.05, 3.63) is 0 Å². The Morgan fingerprint density at radius 2 is 1.44 bits per heavy atom. The van der Waals surface area contributed by atoms with Gasteiger partial charge in [-0.1, -0.05) is 0 Å². The first-order valence-corrected chi connectivity index (χ1v) is 7.23. The van der Waals surface area contributed by atoms with Crippen molar-refractivity contribution in [1.82, 2.24) is 10.5 Å². The predicted octanol–water partition coefficient (Wildman–Crippen LogP) is 1.14. The molecule has 2 N–H and O–H groups in total. The monoisotopic (exact) mass is 364 g/mol. The maximum atomic E-state index is 11.4. The Bertz CT molecular complexity index is 505. The Hall–Kier alpha value is -2.40. The largest absolute Gasteiger partial charge is 0.442 e. The third-order valence-electron chi connectivity index (χ3n) is 1.86. The second-order valence-electron chi connectivity index (χ2n) is 6.78. The fourth-order valence-electron chi connectivity index (χ4n) is 1.14. The van der Waals surface area contributed by atoms with Crippen molar-refractivity contribution in [1.29, 1.82) is 0 Å². The number of amides is 2. The molecule has 0 aliphatic rings. The van der Waals surface area contributed by atoms with Crippen LogP contribution >= 0.6 is 0 Å². The molecule has 0 aromatic heterocycles. The Balaban J connectivity index is 4.12. The van der Waals surface area contributed by atoms with E-state index in [2.05, 4.69) is 9.57 Å². The second kappa shape index (κ2) is 9.18. The van der Waals surface area contributed by atoms with Crippen LogP contribution in [0.25, 0.3) is 0 Å². The van der Waals surface area contributed by atoms with Crippen molar-refractivity contribution < 1.29 is 43.4 Å². The lowest BCUT2D eigenvalue weighted by Gasteiger charge is -2.22. The molecule has 0 bridgehead atoms. The molecule has 0 spiro atoms. The van der Waals surface area contributed by atoms with Gasteiger partial charge in [0.25, 0.3) is 0 Å². The van der Waals surface area contributed by atoms with Crippen molar-refractivity contribution >= 4 is 24.1 Å². The van der Waals surface area contributed by atoms with Crippen molar-refractivity contribution in [2.75, 3.05) is 13.2 Å². The minimum atomic E-state index is -1.22. The average Bonchev–Trinajstić information content (AvgIpc) is 2.33. The van der Waals surface area contributed by atoms with Crippen LogP contribution in [0.2, 0.25) is 0 Å². The minimum Gasteiger partial charge on any atom is -0.442 e. The summed E-state index contributed by atoms with van der Waals surface area (Å²) in [5.74, 6) is -2.38. The Morgan fingerprint density at radius 1 is 0.920 bits per heavy atom. The maximum Gasteiger partial charge on any atom is 0.434 e. The number of hydrogen-bond donors (Lipinski definition) is 2. The van der Waals surface area contributed by atoms with Gasteiger partial charge in [-0.25, -0.2) is 19.2 Å². The summed E-state index contributed by atoms with van der Waals surface area (Å²) in [6.45, 7) is 7.87. The molecule has 11 nitrogen and oxygen atoms in total. The van der Waals surface area contributed by atoms with E-state index in [-0.39, 0.29) is 5.06 Å². The molecule has 2 amide bonds. The van der Waals surface area contributed by atoms with Gasteiger partial charge in [0, 0.05) is 0 Å². The first kappa shape index (κ1) is 22.6. The van der Waals surface area contributed by atoms with Gasteiger partial charge in [0.05, 0.1) is 0 Å². The molecule has 0 aliphatic carbocycles. The lowest BCUT2D eigenvalue weighted by Crippen LogP contribution is -2.39. The van der Waals surface area contributed by atoms with Gasteiger partial charge in [-0.15, -0.1) is 0 Å². The van der Waals surface area contributed by atoms with Gasteiger partial charge in [-0.3, -0.25) is 10.0 Å². The van der Waals surface area contributed by atoms with Crippen molar-refractivity contribution in [3.63, 3.8) is 0 Å². The fraction of sp³-hybridized carbons (Fsp3) is 0.714. The third kappa shape index (κ3) is 12.7. The summed E-state index contributed by atoms with van der Waals surface area (Å²) >= 11 is 0. The number of nitrogens with one attached hydrogen (secondary N) is 1. The highest BCUT2D eigenvalue weighted by atomic mass is 16.7. The molecule has 11 heteroatoms. The topological polar surface area (TPSA) is 141 Å². The summed E-state index contributed by atoms with van der Waals surface area (Å²) < 4.78 is 13.9. The quantitative estimate of drug-likeness (QED) is 0.241. The third-order valence-corrected chi connectivity index (χ3v) is 1.86. The highest BCUT2D eigenvalue weighted by molar-refractivity contribution is 5.88. The lowest BCUT2D eigenvalue weighted by molar-refractivity contribution is -0.170. The number of carbonyl (C=O) groups excluding carboxylic acids is 4. The number of esters is 2. The zero-order valence-corrected chi connectivity index (χ0v) is 15.1. The summed E-state index contributed by atoms with van der Waals surface area (Å²) in [4.78, 5) is 49.9. The predicted molar refractivity (Wildman–Crippen MR) is 81.1 cm³/mol.